The van der Waals surface area contributed by atoms with Crippen molar-refractivity contribution in [1.29, 1.82) is 0 Å². The molecule has 0 radical (unpaired) electrons. The number of amides is 3. The summed E-state index contributed by atoms with van der Waals surface area (Å²) < 4.78 is 5.57. The van der Waals surface area contributed by atoms with Crippen molar-refractivity contribution in [3.05, 3.63) is 65.7 Å². The fourth-order valence-electron chi connectivity index (χ4n) is 4.06. The molecule has 2 unspecified atom stereocenters. The second-order valence-corrected chi connectivity index (χ2v) is 9.43. The Bertz CT molecular complexity index is 1090. The lowest BCUT2D eigenvalue weighted by atomic mass is 10.0. The van der Waals surface area contributed by atoms with Crippen molar-refractivity contribution in [2.75, 3.05) is 11.9 Å². The van der Waals surface area contributed by atoms with Crippen molar-refractivity contribution in [2.24, 2.45) is 5.16 Å². The van der Waals surface area contributed by atoms with E-state index in [0.29, 0.717) is 29.8 Å². The van der Waals surface area contributed by atoms with Crippen molar-refractivity contribution in [1.82, 2.24) is 10.2 Å². The molecule has 1 saturated heterocycles. The van der Waals surface area contributed by atoms with Crippen molar-refractivity contribution in [3.63, 3.8) is 0 Å². The quantitative estimate of drug-likeness (QED) is 0.249. The van der Waals surface area contributed by atoms with Crippen LogP contribution in [0.5, 0.6) is 0 Å². The maximum Gasteiger partial charge on any atom is 0.329 e. The minimum atomic E-state index is -0.728. The lowest BCUT2D eigenvalue weighted by Crippen LogP contribution is -2.48. The Hall–Kier alpha value is -3.88. The van der Waals surface area contributed by atoms with Crippen molar-refractivity contribution < 1.29 is 24.3 Å². The molecule has 0 spiro atoms. The van der Waals surface area contributed by atoms with Gasteiger partial charge >= 0.3 is 12.0 Å². The number of benzene rings is 2. The number of urea groups is 1. The molecule has 35 heavy (non-hydrogen) atoms. The standard InChI is InChI=1S/C26H32N4O5/c1-17(29-34)19-11-8-12-20(15-19)28-25(33)27-16-23(31)30-21(18-9-6-5-7-10-18)13-14-22(30)24(32)35-26(2,3)4/h5-12,15,21-22,34H,13-14,16H2,1-4H3,(H2,27,28,33)/b29-17+. The molecule has 3 N–H and O–H groups in total. The van der Waals surface area contributed by atoms with Crippen molar-refractivity contribution in [2.45, 2.75) is 58.2 Å². The summed E-state index contributed by atoms with van der Waals surface area (Å²) in [6.45, 7) is 6.71. The van der Waals surface area contributed by atoms with E-state index in [1.54, 1.807) is 52.0 Å². The molecule has 3 amide bonds. The first kappa shape index (κ1) is 25.7. The van der Waals surface area contributed by atoms with Crippen LogP contribution in [0.4, 0.5) is 10.5 Å². The Morgan fingerprint density at radius 2 is 1.80 bits per heavy atom. The lowest BCUT2D eigenvalue weighted by molar-refractivity contribution is -0.164. The molecule has 9 heteroatoms. The summed E-state index contributed by atoms with van der Waals surface area (Å²) in [6, 6.07) is 14.7. The minimum Gasteiger partial charge on any atom is -0.458 e. The van der Waals surface area contributed by atoms with E-state index in [-0.39, 0.29) is 18.5 Å². The highest BCUT2D eigenvalue weighted by atomic mass is 16.6. The van der Waals surface area contributed by atoms with Gasteiger partial charge in [-0.3, -0.25) is 4.79 Å². The molecule has 1 aliphatic rings. The van der Waals surface area contributed by atoms with E-state index in [1.165, 1.54) is 4.90 Å². The van der Waals surface area contributed by atoms with Crippen LogP contribution in [0, 0.1) is 0 Å². The number of carbonyl (C=O) groups is 3. The zero-order valence-electron chi connectivity index (χ0n) is 20.4. The van der Waals surface area contributed by atoms with Gasteiger partial charge in [-0.2, -0.15) is 0 Å². The van der Waals surface area contributed by atoms with E-state index in [0.717, 1.165) is 5.56 Å². The molecule has 2 aromatic carbocycles. The van der Waals surface area contributed by atoms with E-state index in [9.17, 15) is 14.4 Å². The molecule has 0 aromatic heterocycles. The van der Waals surface area contributed by atoms with Gasteiger partial charge < -0.3 is 25.5 Å². The molecule has 0 aliphatic carbocycles. The van der Waals surface area contributed by atoms with Gasteiger partial charge in [-0.1, -0.05) is 47.6 Å². The zero-order valence-corrected chi connectivity index (χ0v) is 20.4. The van der Waals surface area contributed by atoms with Crippen LogP contribution < -0.4 is 10.6 Å². The van der Waals surface area contributed by atoms with E-state index in [1.807, 2.05) is 30.3 Å². The Kier molecular flexibility index (Phi) is 8.11. The van der Waals surface area contributed by atoms with E-state index in [2.05, 4.69) is 15.8 Å². The topological polar surface area (TPSA) is 120 Å². The van der Waals surface area contributed by atoms with Crippen LogP contribution >= 0.6 is 0 Å². The molecule has 2 atom stereocenters. The monoisotopic (exact) mass is 480 g/mol. The third-order valence-corrected chi connectivity index (χ3v) is 5.62. The Balaban J connectivity index is 1.71. The summed E-state index contributed by atoms with van der Waals surface area (Å²) in [6.07, 6.45) is 1.09. The highest BCUT2D eigenvalue weighted by Gasteiger charge is 2.43. The van der Waals surface area contributed by atoms with Crippen LogP contribution in [0.15, 0.2) is 59.8 Å². The molecule has 9 nitrogen and oxygen atoms in total. The van der Waals surface area contributed by atoms with Gasteiger partial charge in [0.1, 0.15) is 11.6 Å². The number of rotatable bonds is 6. The van der Waals surface area contributed by atoms with Crippen LogP contribution in [-0.2, 0) is 14.3 Å². The summed E-state index contributed by atoms with van der Waals surface area (Å²) in [4.78, 5) is 40.2. The number of likely N-dealkylation sites (tertiary alicyclic amines) is 1. The first-order valence-corrected chi connectivity index (χ1v) is 11.5. The average Bonchev–Trinajstić information content (AvgIpc) is 3.27. The highest BCUT2D eigenvalue weighted by molar-refractivity contribution is 6.00. The van der Waals surface area contributed by atoms with Crippen LogP contribution in [0.2, 0.25) is 0 Å². The van der Waals surface area contributed by atoms with Gasteiger partial charge in [0.05, 0.1) is 18.3 Å². The van der Waals surface area contributed by atoms with Crippen molar-refractivity contribution in [3.8, 4) is 0 Å². The largest absolute Gasteiger partial charge is 0.458 e. The number of hydrogen-bond acceptors (Lipinski definition) is 6. The number of carbonyl (C=O) groups excluding carboxylic acids is 3. The number of nitrogens with one attached hydrogen (secondary N) is 2. The third kappa shape index (κ3) is 6.81. The summed E-state index contributed by atoms with van der Waals surface area (Å²) in [5.74, 6) is -0.828. The Morgan fingerprint density at radius 3 is 2.46 bits per heavy atom. The van der Waals surface area contributed by atoms with Gasteiger partial charge in [0.25, 0.3) is 0 Å². The fourth-order valence-corrected chi connectivity index (χ4v) is 4.06. The molecule has 1 aliphatic heterocycles. The van der Waals surface area contributed by atoms with Crippen LogP contribution in [-0.4, -0.2) is 51.9 Å². The molecule has 3 rings (SSSR count). The maximum atomic E-state index is 13.3. The van der Waals surface area contributed by atoms with Crippen molar-refractivity contribution >= 4 is 29.3 Å². The molecule has 1 heterocycles. The molecular formula is C26H32N4O5. The number of ether oxygens (including phenoxy) is 1. The smallest absolute Gasteiger partial charge is 0.329 e. The van der Waals surface area contributed by atoms with Gasteiger partial charge in [-0.25, -0.2) is 9.59 Å². The summed E-state index contributed by atoms with van der Waals surface area (Å²) in [5.41, 5.74) is 1.77. The molecule has 0 bridgehead atoms. The molecule has 1 fully saturated rings. The van der Waals surface area contributed by atoms with Crippen LogP contribution in [0.25, 0.3) is 0 Å². The van der Waals surface area contributed by atoms with Gasteiger partial charge in [0.2, 0.25) is 5.91 Å². The van der Waals surface area contributed by atoms with Gasteiger partial charge in [-0.15, -0.1) is 0 Å². The second-order valence-electron chi connectivity index (χ2n) is 9.43. The third-order valence-electron chi connectivity index (χ3n) is 5.62. The normalized spacial score (nSPS) is 18.2. The first-order valence-electron chi connectivity index (χ1n) is 11.5. The average molecular weight is 481 g/mol. The Labute approximate surface area is 205 Å². The summed E-state index contributed by atoms with van der Waals surface area (Å²) >= 11 is 0. The summed E-state index contributed by atoms with van der Waals surface area (Å²) in [7, 11) is 0. The number of anilines is 1. The van der Waals surface area contributed by atoms with E-state index in [4.69, 9.17) is 9.94 Å². The Morgan fingerprint density at radius 1 is 1.09 bits per heavy atom. The minimum absolute atomic E-state index is 0.286. The maximum absolute atomic E-state index is 13.3. The zero-order chi connectivity index (χ0) is 25.6. The number of oxime groups is 1. The van der Waals surface area contributed by atoms with E-state index >= 15 is 0 Å². The molecule has 0 saturated carbocycles. The number of esters is 1. The highest BCUT2D eigenvalue weighted by Crippen LogP contribution is 2.37. The van der Waals surface area contributed by atoms with Crippen LogP contribution in [0.3, 0.4) is 0 Å². The van der Waals surface area contributed by atoms with E-state index < -0.39 is 23.6 Å². The fraction of sp³-hybridized carbons (Fsp3) is 0.385. The molecule has 186 valence electrons. The summed E-state index contributed by atoms with van der Waals surface area (Å²) in [5, 5.41) is 17.4. The van der Waals surface area contributed by atoms with Gasteiger partial charge in [0.15, 0.2) is 0 Å². The molecule has 2 aromatic rings. The second kappa shape index (κ2) is 11.0. The lowest BCUT2D eigenvalue weighted by Gasteiger charge is -2.31. The van der Waals surface area contributed by atoms with Gasteiger partial charge in [-0.05, 0) is 58.2 Å². The number of nitrogens with zero attached hydrogens (tertiary/aromatic N) is 2. The predicted molar refractivity (Wildman–Crippen MR) is 132 cm³/mol. The predicted octanol–water partition coefficient (Wildman–Crippen LogP) is 4.08. The SMILES string of the molecule is C/C(=N\O)c1cccc(NC(=O)NCC(=O)N2C(C(=O)OC(C)(C)C)CCC2c2ccccc2)c1. The molecular weight excluding hydrogens is 448 g/mol. The van der Waals surface area contributed by atoms with Gasteiger partial charge in [0, 0.05) is 11.3 Å². The first-order chi connectivity index (χ1) is 16.6. The van der Waals surface area contributed by atoms with Crippen LogP contribution in [0.1, 0.15) is 57.7 Å². The number of hydrogen-bond donors (Lipinski definition) is 3.